The van der Waals surface area contributed by atoms with E-state index in [1.54, 1.807) is 0 Å². The lowest BCUT2D eigenvalue weighted by Crippen LogP contribution is -2.30. The van der Waals surface area contributed by atoms with Crippen LogP contribution in [-0.4, -0.2) is 37.2 Å². The van der Waals surface area contributed by atoms with Crippen LogP contribution in [0.4, 0.5) is 0 Å². The molecule has 80 heavy (non-hydrogen) atoms. The summed E-state index contributed by atoms with van der Waals surface area (Å²) in [6, 6.07) is 0. The summed E-state index contributed by atoms with van der Waals surface area (Å²) in [5, 5.41) is 0. The van der Waals surface area contributed by atoms with Crippen molar-refractivity contribution in [1.82, 2.24) is 0 Å². The molecule has 6 heteroatoms. The van der Waals surface area contributed by atoms with Crippen molar-refractivity contribution in [3.05, 3.63) is 72.9 Å². The summed E-state index contributed by atoms with van der Waals surface area (Å²) in [6.07, 6.45) is 89.7. The highest BCUT2D eigenvalue weighted by atomic mass is 16.6. The molecular formula is C74H132O6. The van der Waals surface area contributed by atoms with E-state index in [2.05, 4.69) is 93.7 Å². The number of carbonyl (C=O) groups excluding carboxylic acids is 3. The molecule has 0 fully saturated rings. The second-order valence-electron chi connectivity index (χ2n) is 23.4. The molecule has 0 bridgehead atoms. The van der Waals surface area contributed by atoms with Crippen molar-refractivity contribution in [3.8, 4) is 0 Å². The van der Waals surface area contributed by atoms with Gasteiger partial charge in [0, 0.05) is 19.3 Å². The SMILES string of the molecule is CCCCCCC/C=C\C/C=C\C/C=C\CCCCCCCCCCCCCCCCCCCCC(=O)OCC(COC(=O)CCCCCCCC)OC(=O)CCCCCCCCCC/C=C\C/C=C\C/C=C\CCCCCCC. The first-order valence-electron chi connectivity index (χ1n) is 34.9. The Bertz CT molecular complexity index is 1470. The van der Waals surface area contributed by atoms with E-state index in [1.165, 1.54) is 231 Å². The van der Waals surface area contributed by atoms with Gasteiger partial charge in [-0.15, -0.1) is 0 Å². The van der Waals surface area contributed by atoms with Crippen molar-refractivity contribution in [2.24, 2.45) is 0 Å². The van der Waals surface area contributed by atoms with Crippen LogP contribution in [0, 0.1) is 0 Å². The van der Waals surface area contributed by atoms with Crippen LogP contribution >= 0.6 is 0 Å². The van der Waals surface area contributed by atoms with Crippen LogP contribution in [0.2, 0.25) is 0 Å². The molecule has 0 saturated heterocycles. The highest BCUT2D eigenvalue weighted by Gasteiger charge is 2.19. The molecule has 1 atom stereocenters. The maximum atomic E-state index is 12.9. The molecule has 464 valence electrons. The van der Waals surface area contributed by atoms with Gasteiger partial charge in [0.1, 0.15) is 13.2 Å². The van der Waals surface area contributed by atoms with Gasteiger partial charge in [-0.2, -0.15) is 0 Å². The number of hydrogen-bond acceptors (Lipinski definition) is 6. The fourth-order valence-electron chi connectivity index (χ4n) is 10.2. The zero-order chi connectivity index (χ0) is 57.8. The first-order chi connectivity index (χ1) is 39.5. The molecule has 0 heterocycles. The van der Waals surface area contributed by atoms with E-state index in [1.807, 2.05) is 0 Å². The van der Waals surface area contributed by atoms with E-state index in [0.29, 0.717) is 19.3 Å². The number of hydrogen-bond donors (Lipinski definition) is 0. The summed E-state index contributed by atoms with van der Waals surface area (Å²) >= 11 is 0. The molecule has 0 aromatic rings. The van der Waals surface area contributed by atoms with Gasteiger partial charge in [0.05, 0.1) is 0 Å². The van der Waals surface area contributed by atoms with Gasteiger partial charge < -0.3 is 14.2 Å². The third kappa shape index (κ3) is 65.7. The Kier molecular flexibility index (Phi) is 65.7. The molecule has 0 aromatic heterocycles. The lowest BCUT2D eigenvalue weighted by Gasteiger charge is -2.18. The molecule has 1 unspecified atom stereocenters. The molecule has 0 aromatic carbocycles. The summed E-state index contributed by atoms with van der Waals surface area (Å²) in [5.74, 6) is -0.876. The Morgan fingerprint density at radius 2 is 0.450 bits per heavy atom. The van der Waals surface area contributed by atoms with E-state index >= 15 is 0 Å². The highest BCUT2D eigenvalue weighted by molar-refractivity contribution is 5.71. The lowest BCUT2D eigenvalue weighted by atomic mass is 10.0. The minimum atomic E-state index is -0.776. The topological polar surface area (TPSA) is 78.9 Å². The van der Waals surface area contributed by atoms with Gasteiger partial charge in [0.15, 0.2) is 6.10 Å². The fourth-order valence-corrected chi connectivity index (χ4v) is 10.2. The van der Waals surface area contributed by atoms with Crippen LogP contribution in [-0.2, 0) is 28.6 Å². The minimum absolute atomic E-state index is 0.0749. The standard InChI is InChI=1S/C74H132O6/c1-4-7-10-13-16-18-20-22-24-26-28-30-32-33-34-35-36-37-38-39-40-41-43-44-46-48-50-52-54-56-58-61-64-67-73(76)79-70-71(69-78-72(75)66-63-60-15-12-9-6-3)80-74(77)68-65-62-59-57-55-53-51-49-47-45-42-31-29-27-25-23-21-19-17-14-11-8-5-2/h20-23,26-29,32-33,42,45,71H,4-19,24-25,30-31,34-41,43-44,46-70H2,1-3H3/b22-20-,23-21-,28-26-,29-27-,33-32-,45-42-. The average Bonchev–Trinajstić information content (AvgIpc) is 3.46. The smallest absolute Gasteiger partial charge is 0.306 e. The Morgan fingerprint density at radius 1 is 0.250 bits per heavy atom. The summed E-state index contributed by atoms with van der Waals surface area (Å²) in [5.41, 5.74) is 0. The number of rotatable bonds is 64. The monoisotopic (exact) mass is 1120 g/mol. The molecule has 0 aliphatic heterocycles. The van der Waals surface area contributed by atoms with Crippen LogP contribution in [0.25, 0.3) is 0 Å². The molecule has 0 radical (unpaired) electrons. The normalized spacial score (nSPS) is 12.5. The zero-order valence-electron chi connectivity index (χ0n) is 53.3. The van der Waals surface area contributed by atoms with Crippen molar-refractivity contribution in [3.63, 3.8) is 0 Å². The number of ether oxygens (including phenoxy) is 3. The zero-order valence-corrected chi connectivity index (χ0v) is 53.3. The van der Waals surface area contributed by atoms with Gasteiger partial charge >= 0.3 is 17.9 Å². The van der Waals surface area contributed by atoms with E-state index in [4.69, 9.17) is 14.2 Å². The van der Waals surface area contributed by atoms with Crippen LogP contribution in [0.1, 0.15) is 361 Å². The van der Waals surface area contributed by atoms with Crippen LogP contribution in [0.3, 0.4) is 0 Å². The maximum absolute atomic E-state index is 12.9. The van der Waals surface area contributed by atoms with Crippen LogP contribution in [0.15, 0.2) is 72.9 Å². The van der Waals surface area contributed by atoms with Gasteiger partial charge in [-0.05, 0) is 96.3 Å². The summed E-state index contributed by atoms with van der Waals surface area (Å²) in [6.45, 7) is 6.59. The quantitative estimate of drug-likeness (QED) is 0.0261. The van der Waals surface area contributed by atoms with Crippen LogP contribution in [0.5, 0.6) is 0 Å². The second-order valence-corrected chi connectivity index (χ2v) is 23.4. The Labute approximate surface area is 497 Å². The van der Waals surface area contributed by atoms with Crippen molar-refractivity contribution >= 4 is 17.9 Å². The summed E-state index contributed by atoms with van der Waals surface area (Å²) < 4.78 is 16.8. The van der Waals surface area contributed by atoms with Gasteiger partial charge in [-0.1, -0.05) is 318 Å². The molecule has 6 nitrogen and oxygen atoms in total. The first kappa shape index (κ1) is 76.9. The maximum Gasteiger partial charge on any atom is 0.306 e. The highest BCUT2D eigenvalue weighted by Crippen LogP contribution is 2.17. The van der Waals surface area contributed by atoms with E-state index in [9.17, 15) is 14.4 Å². The molecular weight excluding hydrogens is 985 g/mol. The predicted molar refractivity (Wildman–Crippen MR) is 348 cm³/mol. The molecule has 0 aliphatic carbocycles. The largest absolute Gasteiger partial charge is 0.462 e. The van der Waals surface area contributed by atoms with E-state index in [0.717, 1.165) is 89.9 Å². The third-order valence-electron chi connectivity index (χ3n) is 15.4. The fraction of sp³-hybridized carbons (Fsp3) is 0.797. The van der Waals surface area contributed by atoms with Crippen molar-refractivity contribution in [2.45, 2.75) is 367 Å². The average molecular weight is 1120 g/mol. The minimum Gasteiger partial charge on any atom is -0.462 e. The lowest BCUT2D eigenvalue weighted by molar-refractivity contribution is -0.167. The molecule has 0 N–H and O–H groups in total. The third-order valence-corrected chi connectivity index (χ3v) is 15.4. The number of unbranched alkanes of at least 4 members (excludes halogenated alkanes) is 41. The molecule has 0 amide bonds. The van der Waals surface area contributed by atoms with Crippen LogP contribution < -0.4 is 0 Å². The van der Waals surface area contributed by atoms with E-state index in [-0.39, 0.29) is 31.1 Å². The summed E-state index contributed by atoms with van der Waals surface area (Å²) in [4.78, 5) is 38.1. The Balaban J connectivity index is 4.00. The van der Waals surface area contributed by atoms with Gasteiger partial charge in [-0.3, -0.25) is 14.4 Å². The molecule has 0 rings (SSSR count). The molecule has 0 saturated carbocycles. The molecule has 0 spiro atoms. The Hall–Kier alpha value is -3.15. The Morgan fingerprint density at radius 3 is 0.700 bits per heavy atom. The second kappa shape index (κ2) is 68.3. The van der Waals surface area contributed by atoms with Gasteiger partial charge in [0.2, 0.25) is 0 Å². The van der Waals surface area contributed by atoms with Gasteiger partial charge in [0.25, 0.3) is 0 Å². The van der Waals surface area contributed by atoms with Crippen molar-refractivity contribution < 1.29 is 28.6 Å². The number of allylic oxidation sites excluding steroid dienone is 12. The van der Waals surface area contributed by atoms with E-state index < -0.39 is 6.10 Å². The van der Waals surface area contributed by atoms with Crippen molar-refractivity contribution in [1.29, 1.82) is 0 Å². The van der Waals surface area contributed by atoms with Crippen molar-refractivity contribution in [2.75, 3.05) is 13.2 Å². The number of carbonyl (C=O) groups is 3. The van der Waals surface area contributed by atoms with Gasteiger partial charge in [-0.25, -0.2) is 0 Å². The number of esters is 3. The first-order valence-corrected chi connectivity index (χ1v) is 34.9. The predicted octanol–water partition coefficient (Wildman–Crippen LogP) is 24.1. The summed E-state index contributed by atoms with van der Waals surface area (Å²) in [7, 11) is 0. The molecule has 0 aliphatic rings.